The number of aromatic nitrogens is 2. The molecule has 24 heteroatoms. The number of hydrogen-bond acceptors (Lipinski definition) is 9. The van der Waals surface area contributed by atoms with Crippen LogP contribution in [0.15, 0.2) is 23.2 Å². The molecular weight excluding hydrogens is 755 g/mol. The van der Waals surface area contributed by atoms with Gasteiger partial charge in [-0.1, -0.05) is 24.5 Å². The topological polar surface area (TPSA) is 238 Å². The van der Waals surface area contributed by atoms with Gasteiger partial charge in [-0.2, -0.15) is 39.5 Å². The van der Waals surface area contributed by atoms with Crippen molar-refractivity contribution in [3.8, 4) is 0 Å². The number of benzene rings is 1. The molecule has 1 saturated heterocycles. The Bertz CT molecular complexity index is 1570. The van der Waals surface area contributed by atoms with Crippen LogP contribution in [0, 0.1) is 6.92 Å². The van der Waals surface area contributed by atoms with Crippen LogP contribution in [0.1, 0.15) is 54.7 Å². The number of hydrogen-bond donors (Lipinski definition) is 6. The van der Waals surface area contributed by atoms with Crippen LogP contribution in [0.4, 0.5) is 45.3 Å². The Morgan fingerprint density at radius 3 is 1.74 bits per heavy atom. The average molecular weight is 795 g/mol. The number of carboxylic acid groups (broad SMARTS) is 3. The van der Waals surface area contributed by atoms with E-state index in [0.717, 1.165) is 68.1 Å². The fourth-order valence-corrected chi connectivity index (χ4v) is 4.96. The van der Waals surface area contributed by atoms with Gasteiger partial charge in [0, 0.05) is 18.5 Å². The van der Waals surface area contributed by atoms with Crippen molar-refractivity contribution >= 4 is 46.5 Å². The molecule has 2 aromatic rings. The fraction of sp³-hybridized carbons (Fsp3) is 0.567. The van der Waals surface area contributed by atoms with E-state index in [0.29, 0.717) is 5.82 Å². The molecule has 1 aliphatic heterocycles. The highest BCUT2D eigenvalue weighted by Gasteiger charge is 2.39. The third kappa shape index (κ3) is 15.8. The number of fused-ring (bicyclic) bond motifs is 1. The van der Waals surface area contributed by atoms with Gasteiger partial charge in [0.25, 0.3) is 5.91 Å². The Hall–Kier alpha value is -5.16. The number of aryl methyl sites for hydroxylation is 1. The maximum atomic E-state index is 13.4. The summed E-state index contributed by atoms with van der Waals surface area (Å²) in [5.41, 5.74) is 13.2. The molecule has 304 valence electrons. The number of halogens is 9. The van der Waals surface area contributed by atoms with Crippen LogP contribution in [0.2, 0.25) is 0 Å². The first kappa shape index (κ1) is 46.9. The normalized spacial score (nSPS) is 17.9. The number of guanidine groups is 1. The zero-order valence-electron chi connectivity index (χ0n) is 28.9. The van der Waals surface area contributed by atoms with Crippen molar-refractivity contribution in [2.24, 2.45) is 16.5 Å². The minimum atomic E-state index is -5.08. The average Bonchev–Trinajstić information content (AvgIpc) is 3.04. The van der Waals surface area contributed by atoms with Crippen molar-refractivity contribution in [2.45, 2.75) is 82.1 Å². The fourth-order valence-electron chi connectivity index (χ4n) is 4.96. The standard InChI is InChI=1S/C24H36N8O.3C2HF3O2/c1-15-8-9-18-17(14-15)21(28-19-6-4-5-7-20(19)29-24(25)26)30-22(27-18)23(33)32(3)16-10-12-31(2)13-11-16;3*3-2(4,5)1(6)7/h8-9,14,16,19-20H,4-7,10-13H2,1-3H3,(H4,25,26,29)(H,27,28,30);3*(H,6,7). The molecule has 1 amide bonds. The Labute approximate surface area is 301 Å². The lowest BCUT2D eigenvalue weighted by molar-refractivity contribution is -0.193. The summed E-state index contributed by atoms with van der Waals surface area (Å²) in [6.07, 6.45) is -9.28. The van der Waals surface area contributed by atoms with Gasteiger partial charge in [-0.25, -0.2) is 29.3 Å². The molecule has 1 saturated carbocycles. The predicted molar refractivity (Wildman–Crippen MR) is 173 cm³/mol. The number of nitrogens with zero attached hydrogens (tertiary/aromatic N) is 5. The third-order valence-corrected chi connectivity index (χ3v) is 7.69. The Morgan fingerprint density at radius 2 is 1.30 bits per heavy atom. The van der Waals surface area contributed by atoms with Crippen molar-refractivity contribution < 1.29 is 74.0 Å². The van der Waals surface area contributed by atoms with E-state index in [1.807, 2.05) is 31.0 Å². The lowest BCUT2D eigenvalue weighted by atomic mass is 9.90. The Balaban J connectivity index is 0.000000566. The van der Waals surface area contributed by atoms with Gasteiger partial charge in [0.2, 0.25) is 5.82 Å². The molecule has 1 aromatic heterocycles. The van der Waals surface area contributed by atoms with Crippen LogP contribution in [0.25, 0.3) is 10.9 Å². The van der Waals surface area contributed by atoms with E-state index in [1.54, 1.807) is 0 Å². The zero-order valence-corrected chi connectivity index (χ0v) is 28.9. The summed E-state index contributed by atoms with van der Waals surface area (Å²) >= 11 is 0. The molecule has 2 heterocycles. The second-order valence-corrected chi connectivity index (χ2v) is 11.9. The number of carboxylic acids is 3. The van der Waals surface area contributed by atoms with Gasteiger partial charge in [0.05, 0.1) is 17.6 Å². The molecule has 2 atom stereocenters. The maximum absolute atomic E-state index is 13.4. The number of carbonyl (C=O) groups is 4. The maximum Gasteiger partial charge on any atom is 0.490 e. The van der Waals surface area contributed by atoms with Crippen molar-refractivity contribution in [3.05, 3.63) is 29.6 Å². The smallest absolute Gasteiger partial charge is 0.475 e. The van der Waals surface area contributed by atoms with Crippen LogP contribution >= 0.6 is 0 Å². The second-order valence-electron chi connectivity index (χ2n) is 11.9. The lowest BCUT2D eigenvalue weighted by Crippen LogP contribution is -2.45. The molecule has 2 unspecified atom stereocenters. The first-order valence-corrected chi connectivity index (χ1v) is 15.6. The largest absolute Gasteiger partial charge is 0.490 e. The number of nitrogens with two attached hydrogens (primary N) is 2. The van der Waals surface area contributed by atoms with Gasteiger partial charge in [-0.15, -0.1) is 0 Å². The SMILES string of the molecule is Cc1ccc2nc(C(=O)N(C)C3CCN(C)CC3)nc(NC3CCCCC3N=C(N)N)c2c1.O=C(O)C(F)(F)F.O=C(O)C(F)(F)F.O=C(O)C(F)(F)F. The number of likely N-dealkylation sites (tertiary alicyclic amines) is 1. The highest BCUT2D eigenvalue weighted by molar-refractivity contribution is 5.96. The van der Waals surface area contributed by atoms with Crippen LogP contribution in [-0.4, -0.2) is 129 Å². The molecular formula is C30H39F9N8O7. The van der Waals surface area contributed by atoms with Gasteiger partial charge in [0.1, 0.15) is 5.82 Å². The first-order chi connectivity index (χ1) is 24.6. The lowest BCUT2D eigenvalue weighted by Gasteiger charge is -2.35. The van der Waals surface area contributed by atoms with E-state index < -0.39 is 36.4 Å². The molecule has 1 aliphatic carbocycles. The van der Waals surface area contributed by atoms with Gasteiger partial charge in [0.15, 0.2) is 5.96 Å². The quantitative estimate of drug-likeness (QED) is 0.143. The van der Waals surface area contributed by atoms with Gasteiger partial charge in [-0.3, -0.25) is 4.79 Å². The number of aliphatic carboxylic acids is 3. The van der Waals surface area contributed by atoms with E-state index in [9.17, 15) is 44.3 Å². The molecule has 0 bridgehead atoms. The number of amides is 1. The van der Waals surface area contributed by atoms with Crippen LogP contribution in [0.5, 0.6) is 0 Å². The molecule has 4 rings (SSSR count). The molecule has 2 fully saturated rings. The second kappa shape index (κ2) is 19.8. The number of rotatable bonds is 5. The number of aliphatic imine (C=N–C) groups is 1. The van der Waals surface area contributed by atoms with Crippen molar-refractivity contribution in [3.63, 3.8) is 0 Å². The third-order valence-electron chi connectivity index (χ3n) is 7.69. The highest BCUT2D eigenvalue weighted by atomic mass is 19.4. The molecule has 15 nitrogen and oxygen atoms in total. The van der Waals surface area contributed by atoms with Crippen LogP contribution in [-0.2, 0) is 14.4 Å². The van der Waals surface area contributed by atoms with Gasteiger partial charge >= 0.3 is 36.4 Å². The summed E-state index contributed by atoms with van der Waals surface area (Å²) in [6.45, 7) is 4.01. The van der Waals surface area contributed by atoms with Crippen molar-refractivity contribution in [1.82, 2.24) is 19.8 Å². The molecule has 0 spiro atoms. The minimum Gasteiger partial charge on any atom is -0.475 e. The summed E-state index contributed by atoms with van der Waals surface area (Å²) in [6, 6.07) is 6.26. The number of carbonyl (C=O) groups excluding carboxylic acids is 1. The number of anilines is 1. The Morgan fingerprint density at radius 1 is 0.833 bits per heavy atom. The minimum absolute atomic E-state index is 0.0142. The van der Waals surface area contributed by atoms with E-state index in [4.69, 9.17) is 46.2 Å². The summed E-state index contributed by atoms with van der Waals surface area (Å²) in [4.78, 5) is 58.0. The molecule has 2 aliphatic rings. The van der Waals surface area contributed by atoms with E-state index in [2.05, 4.69) is 33.3 Å². The summed E-state index contributed by atoms with van der Waals surface area (Å²) in [7, 11) is 3.98. The molecule has 0 radical (unpaired) electrons. The molecule has 1 aromatic carbocycles. The molecule has 54 heavy (non-hydrogen) atoms. The number of alkyl halides is 9. The first-order valence-electron chi connectivity index (χ1n) is 15.6. The van der Waals surface area contributed by atoms with Gasteiger partial charge < -0.3 is 41.9 Å². The number of nitrogens with one attached hydrogen (secondary N) is 1. The summed E-state index contributed by atoms with van der Waals surface area (Å²) < 4.78 is 95.2. The van der Waals surface area contributed by atoms with Gasteiger partial charge in [-0.05, 0) is 64.9 Å². The van der Waals surface area contributed by atoms with Crippen molar-refractivity contribution in [1.29, 1.82) is 0 Å². The summed E-state index contributed by atoms with van der Waals surface area (Å²) in [5.74, 6) is -7.41. The van der Waals surface area contributed by atoms with E-state index in [1.165, 1.54) is 0 Å². The molecule has 8 N–H and O–H groups in total. The summed E-state index contributed by atoms with van der Waals surface area (Å²) in [5, 5.41) is 25.9. The van der Waals surface area contributed by atoms with E-state index >= 15 is 0 Å². The predicted octanol–water partition coefficient (Wildman–Crippen LogP) is 4.00. The van der Waals surface area contributed by atoms with Crippen LogP contribution < -0.4 is 16.8 Å². The zero-order chi connectivity index (χ0) is 41.8. The number of piperidine rings is 1. The van der Waals surface area contributed by atoms with E-state index in [-0.39, 0.29) is 35.8 Å². The highest BCUT2D eigenvalue weighted by Crippen LogP contribution is 2.29. The van der Waals surface area contributed by atoms with Crippen LogP contribution in [0.3, 0.4) is 0 Å². The monoisotopic (exact) mass is 794 g/mol. The Kier molecular flexibility index (Phi) is 17.2. The van der Waals surface area contributed by atoms with Crippen molar-refractivity contribution in [2.75, 3.05) is 32.5 Å².